The molecule has 0 bridgehead atoms. The quantitative estimate of drug-likeness (QED) is 0.851. The fourth-order valence-corrected chi connectivity index (χ4v) is 3.24. The van der Waals surface area contributed by atoms with E-state index in [1.807, 2.05) is 0 Å². The smallest absolute Gasteiger partial charge is 0.128 e. The highest BCUT2D eigenvalue weighted by atomic mass is 16.5. The van der Waals surface area contributed by atoms with Crippen molar-refractivity contribution in [2.24, 2.45) is 5.73 Å². The van der Waals surface area contributed by atoms with Crippen LogP contribution >= 0.6 is 0 Å². The summed E-state index contributed by atoms with van der Waals surface area (Å²) in [5.74, 6) is 1.85. The van der Waals surface area contributed by atoms with Crippen molar-refractivity contribution >= 4 is 0 Å². The summed E-state index contributed by atoms with van der Waals surface area (Å²) in [4.78, 5) is 0. The van der Waals surface area contributed by atoms with Gasteiger partial charge in [-0.15, -0.1) is 0 Å². The van der Waals surface area contributed by atoms with Crippen molar-refractivity contribution in [2.75, 3.05) is 6.61 Å². The molecule has 19 heavy (non-hydrogen) atoms. The molecule has 2 heterocycles. The topological polar surface area (TPSA) is 64.7 Å². The number of fused-ring (bicyclic) bond motifs is 2. The van der Waals surface area contributed by atoms with Gasteiger partial charge >= 0.3 is 0 Å². The molecule has 0 spiro atoms. The van der Waals surface area contributed by atoms with E-state index in [0.717, 1.165) is 35.5 Å². The Bertz CT molecular complexity index is 488. The van der Waals surface area contributed by atoms with Crippen LogP contribution in [0.3, 0.4) is 0 Å². The van der Waals surface area contributed by atoms with E-state index in [9.17, 15) is 5.11 Å². The van der Waals surface area contributed by atoms with Gasteiger partial charge in [0.25, 0.3) is 0 Å². The van der Waals surface area contributed by atoms with Crippen LogP contribution in [0.15, 0.2) is 0 Å². The van der Waals surface area contributed by atoms with Crippen LogP contribution in [0.2, 0.25) is 0 Å². The molecule has 0 saturated heterocycles. The van der Waals surface area contributed by atoms with Crippen molar-refractivity contribution < 1.29 is 14.6 Å². The van der Waals surface area contributed by atoms with Gasteiger partial charge in [-0.25, -0.2) is 0 Å². The van der Waals surface area contributed by atoms with Crippen LogP contribution in [-0.4, -0.2) is 23.9 Å². The molecule has 4 heteroatoms. The summed E-state index contributed by atoms with van der Waals surface area (Å²) >= 11 is 0. The molecule has 3 unspecified atom stereocenters. The van der Waals surface area contributed by atoms with Crippen molar-refractivity contribution in [3.63, 3.8) is 0 Å². The number of aliphatic hydroxyl groups excluding tert-OH is 1. The Morgan fingerprint density at radius 3 is 2.37 bits per heavy atom. The lowest BCUT2D eigenvalue weighted by atomic mass is 9.90. The molecule has 0 aliphatic carbocycles. The summed E-state index contributed by atoms with van der Waals surface area (Å²) in [6, 6.07) is -0.401. The van der Waals surface area contributed by atoms with Gasteiger partial charge in [-0.2, -0.15) is 0 Å². The molecule has 104 valence electrons. The summed E-state index contributed by atoms with van der Waals surface area (Å²) in [7, 11) is 0. The van der Waals surface area contributed by atoms with Crippen molar-refractivity contribution in [1.29, 1.82) is 0 Å². The molecular weight excluding hydrogens is 242 g/mol. The van der Waals surface area contributed by atoms with E-state index in [1.165, 1.54) is 11.1 Å². The van der Waals surface area contributed by atoms with E-state index >= 15 is 0 Å². The fraction of sp³-hybridized carbons (Fsp3) is 0.600. The predicted octanol–water partition coefficient (Wildman–Crippen LogP) is 1.63. The Balaban J connectivity index is 2.23. The van der Waals surface area contributed by atoms with Crippen LogP contribution in [0.5, 0.6) is 11.5 Å². The number of ether oxygens (including phenoxy) is 2. The second-order valence-electron chi connectivity index (χ2n) is 5.71. The molecule has 3 rings (SSSR count). The van der Waals surface area contributed by atoms with Crippen LogP contribution in [0, 0.1) is 6.92 Å². The van der Waals surface area contributed by atoms with E-state index in [4.69, 9.17) is 15.2 Å². The van der Waals surface area contributed by atoms with Gasteiger partial charge in [-0.3, -0.25) is 0 Å². The minimum absolute atomic E-state index is 0.0753. The maximum absolute atomic E-state index is 9.43. The van der Waals surface area contributed by atoms with Gasteiger partial charge in [-0.1, -0.05) is 0 Å². The summed E-state index contributed by atoms with van der Waals surface area (Å²) in [6.45, 7) is 6.13. The third-order valence-corrected chi connectivity index (χ3v) is 4.10. The van der Waals surface area contributed by atoms with Gasteiger partial charge in [0.05, 0.1) is 12.6 Å². The second-order valence-corrected chi connectivity index (χ2v) is 5.71. The first-order valence-corrected chi connectivity index (χ1v) is 6.90. The Hall–Kier alpha value is -1.26. The van der Waals surface area contributed by atoms with Gasteiger partial charge in [0.1, 0.15) is 23.7 Å². The van der Waals surface area contributed by atoms with Crippen LogP contribution in [-0.2, 0) is 12.8 Å². The van der Waals surface area contributed by atoms with Crippen LogP contribution in [0.25, 0.3) is 0 Å². The molecule has 0 fully saturated rings. The number of benzene rings is 1. The zero-order chi connectivity index (χ0) is 13.7. The Labute approximate surface area is 113 Å². The van der Waals surface area contributed by atoms with E-state index in [2.05, 4.69) is 20.8 Å². The van der Waals surface area contributed by atoms with Crippen LogP contribution in [0.1, 0.15) is 42.1 Å². The average Bonchev–Trinajstić information content (AvgIpc) is 2.92. The number of hydrogen-bond acceptors (Lipinski definition) is 4. The molecule has 3 N–H and O–H groups in total. The summed E-state index contributed by atoms with van der Waals surface area (Å²) < 4.78 is 11.9. The van der Waals surface area contributed by atoms with E-state index in [1.54, 1.807) is 0 Å². The average molecular weight is 263 g/mol. The molecule has 2 aliphatic rings. The lowest BCUT2D eigenvalue weighted by molar-refractivity contribution is 0.239. The molecule has 0 amide bonds. The Morgan fingerprint density at radius 1 is 1.16 bits per heavy atom. The van der Waals surface area contributed by atoms with Gasteiger partial charge in [0.15, 0.2) is 0 Å². The van der Waals surface area contributed by atoms with Crippen LogP contribution in [0.4, 0.5) is 0 Å². The zero-order valence-electron chi connectivity index (χ0n) is 11.7. The molecule has 4 nitrogen and oxygen atoms in total. The lowest BCUT2D eigenvalue weighted by Gasteiger charge is -2.19. The van der Waals surface area contributed by atoms with Crippen molar-refractivity contribution in [3.8, 4) is 11.5 Å². The first-order valence-electron chi connectivity index (χ1n) is 6.90. The lowest BCUT2D eigenvalue weighted by Crippen LogP contribution is -2.18. The van der Waals surface area contributed by atoms with E-state index in [-0.39, 0.29) is 18.8 Å². The highest BCUT2D eigenvalue weighted by Gasteiger charge is 2.35. The van der Waals surface area contributed by atoms with E-state index < -0.39 is 6.04 Å². The van der Waals surface area contributed by atoms with Crippen molar-refractivity contribution in [1.82, 2.24) is 0 Å². The normalized spacial score (nSPS) is 25.5. The maximum Gasteiger partial charge on any atom is 0.128 e. The first-order chi connectivity index (χ1) is 9.02. The molecule has 2 aliphatic heterocycles. The summed E-state index contributed by atoms with van der Waals surface area (Å²) in [6.07, 6.45) is 2.05. The zero-order valence-corrected chi connectivity index (χ0v) is 11.7. The molecular formula is C15H21NO3. The number of aliphatic hydroxyl groups is 1. The molecule has 1 aromatic carbocycles. The predicted molar refractivity (Wildman–Crippen MR) is 72.8 cm³/mol. The second kappa shape index (κ2) is 4.39. The largest absolute Gasteiger partial charge is 0.490 e. The van der Waals surface area contributed by atoms with Gasteiger partial charge in [0.2, 0.25) is 0 Å². The number of hydrogen-bond donors (Lipinski definition) is 2. The molecule has 0 aromatic heterocycles. The Kier molecular flexibility index (Phi) is 2.95. The first kappa shape index (κ1) is 12.8. The summed E-state index contributed by atoms with van der Waals surface area (Å²) in [5, 5.41) is 9.43. The van der Waals surface area contributed by atoms with E-state index in [0.29, 0.717) is 0 Å². The monoisotopic (exact) mass is 263 g/mol. The maximum atomic E-state index is 9.43. The fourth-order valence-electron chi connectivity index (χ4n) is 3.24. The minimum Gasteiger partial charge on any atom is -0.490 e. The number of rotatable bonds is 2. The third kappa shape index (κ3) is 1.82. The molecule has 0 radical (unpaired) electrons. The third-order valence-electron chi connectivity index (χ3n) is 4.10. The highest BCUT2D eigenvalue weighted by Crippen LogP contribution is 2.48. The van der Waals surface area contributed by atoms with Crippen LogP contribution < -0.4 is 15.2 Å². The standard InChI is InChI=1S/C15H21NO3/c1-7-4-10-9(3)14-11(5-8(2)18-14)13(12(16)6-17)15(10)19-7/h7-8,12,17H,4-6,16H2,1-3H3. The summed E-state index contributed by atoms with van der Waals surface area (Å²) in [5.41, 5.74) is 10.5. The highest BCUT2D eigenvalue weighted by molar-refractivity contribution is 5.63. The van der Waals surface area contributed by atoms with Crippen molar-refractivity contribution in [3.05, 3.63) is 22.3 Å². The minimum atomic E-state index is -0.401. The molecule has 1 aromatic rings. The molecule has 3 atom stereocenters. The number of nitrogens with two attached hydrogens (primary N) is 1. The van der Waals surface area contributed by atoms with Crippen molar-refractivity contribution in [2.45, 2.75) is 51.9 Å². The molecule has 0 saturated carbocycles. The Morgan fingerprint density at radius 2 is 1.74 bits per heavy atom. The van der Waals surface area contributed by atoms with Gasteiger partial charge in [0, 0.05) is 29.5 Å². The van der Waals surface area contributed by atoms with Gasteiger partial charge < -0.3 is 20.3 Å². The van der Waals surface area contributed by atoms with Gasteiger partial charge in [-0.05, 0) is 26.3 Å². The SMILES string of the molecule is Cc1c2c(c(C(N)CO)c3c1OC(C)C3)OC(C)C2.